The molecular formula is C18H18O4. The van der Waals surface area contributed by atoms with Crippen LogP contribution in [0, 0.1) is 6.92 Å². The third-order valence-electron chi connectivity index (χ3n) is 4.05. The van der Waals surface area contributed by atoms with Crippen LogP contribution in [-0.4, -0.2) is 27.1 Å². The van der Waals surface area contributed by atoms with Crippen molar-refractivity contribution in [2.24, 2.45) is 0 Å². The van der Waals surface area contributed by atoms with Gasteiger partial charge in [-0.25, -0.2) is 0 Å². The Morgan fingerprint density at radius 1 is 0.909 bits per heavy atom. The quantitative estimate of drug-likeness (QED) is 0.745. The first-order chi connectivity index (χ1) is 10.6. The lowest BCUT2D eigenvalue weighted by Crippen LogP contribution is -2.17. The maximum absolute atomic E-state index is 12.8. The second-order valence-electron chi connectivity index (χ2n) is 5.34. The number of hydrogen-bond acceptors (Lipinski definition) is 4. The fraction of sp³-hybridized carbons (Fsp3) is 0.278. The van der Waals surface area contributed by atoms with Crippen LogP contribution in [0.15, 0.2) is 24.3 Å². The number of fused-ring (bicyclic) bond motifs is 2. The molecule has 0 N–H and O–H groups in total. The molecule has 2 aromatic carbocycles. The van der Waals surface area contributed by atoms with Crippen LogP contribution in [0.25, 0.3) is 0 Å². The molecule has 3 rings (SSSR count). The zero-order valence-corrected chi connectivity index (χ0v) is 13.1. The van der Waals surface area contributed by atoms with Gasteiger partial charge in [-0.05, 0) is 18.6 Å². The number of methoxy groups -OCH3 is 3. The molecular weight excluding hydrogens is 280 g/mol. The van der Waals surface area contributed by atoms with Gasteiger partial charge in [-0.3, -0.25) is 4.79 Å². The maximum Gasteiger partial charge on any atom is 0.203 e. The average molecular weight is 298 g/mol. The molecule has 1 aliphatic carbocycles. The van der Waals surface area contributed by atoms with Crippen molar-refractivity contribution in [1.29, 1.82) is 0 Å². The van der Waals surface area contributed by atoms with Crippen LogP contribution < -0.4 is 14.2 Å². The first-order valence-corrected chi connectivity index (χ1v) is 7.06. The van der Waals surface area contributed by atoms with Gasteiger partial charge in [0.15, 0.2) is 17.3 Å². The zero-order chi connectivity index (χ0) is 15.9. The van der Waals surface area contributed by atoms with Gasteiger partial charge < -0.3 is 14.2 Å². The zero-order valence-electron chi connectivity index (χ0n) is 13.1. The highest BCUT2D eigenvalue weighted by atomic mass is 16.5. The molecule has 0 saturated heterocycles. The molecule has 1 aliphatic rings. The molecule has 0 radical (unpaired) electrons. The molecule has 0 bridgehead atoms. The smallest absolute Gasteiger partial charge is 0.203 e. The van der Waals surface area contributed by atoms with E-state index >= 15 is 0 Å². The fourth-order valence-electron chi connectivity index (χ4n) is 3.02. The number of rotatable bonds is 3. The number of hydrogen-bond donors (Lipinski definition) is 0. The second-order valence-corrected chi connectivity index (χ2v) is 5.34. The SMILES string of the molecule is COc1cc2c(c(OC)c1OC)Cc1cc(C)ccc1C2=O. The maximum atomic E-state index is 12.8. The Morgan fingerprint density at radius 2 is 1.64 bits per heavy atom. The van der Waals surface area contributed by atoms with Crippen molar-refractivity contribution in [3.8, 4) is 17.2 Å². The molecule has 4 nitrogen and oxygen atoms in total. The van der Waals surface area contributed by atoms with Crippen molar-refractivity contribution in [1.82, 2.24) is 0 Å². The van der Waals surface area contributed by atoms with Crippen molar-refractivity contribution in [2.75, 3.05) is 21.3 Å². The lowest BCUT2D eigenvalue weighted by Gasteiger charge is -2.24. The lowest BCUT2D eigenvalue weighted by molar-refractivity contribution is 0.103. The Morgan fingerprint density at radius 3 is 2.27 bits per heavy atom. The summed E-state index contributed by atoms with van der Waals surface area (Å²) in [7, 11) is 4.69. The van der Waals surface area contributed by atoms with Crippen LogP contribution >= 0.6 is 0 Å². The Bertz CT molecular complexity index is 762. The minimum absolute atomic E-state index is 0.00416. The first-order valence-electron chi connectivity index (χ1n) is 7.06. The number of carbonyl (C=O) groups is 1. The molecule has 0 aromatic heterocycles. The largest absolute Gasteiger partial charge is 0.493 e. The minimum Gasteiger partial charge on any atom is -0.493 e. The second kappa shape index (κ2) is 5.37. The van der Waals surface area contributed by atoms with Crippen LogP contribution in [0.5, 0.6) is 17.2 Å². The van der Waals surface area contributed by atoms with Gasteiger partial charge in [0.05, 0.1) is 21.3 Å². The fourth-order valence-corrected chi connectivity index (χ4v) is 3.02. The predicted molar refractivity (Wildman–Crippen MR) is 83.5 cm³/mol. The number of carbonyl (C=O) groups excluding carboxylic acids is 1. The van der Waals surface area contributed by atoms with E-state index in [1.807, 2.05) is 25.1 Å². The summed E-state index contributed by atoms with van der Waals surface area (Å²) in [5.41, 5.74) is 4.36. The van der Waals surface area contributed by atoms with Crippen LogP contribution in [-0.2, 0) is 6.42 Å². The van der Waals surface area contributed by atoms with Crippen molar-refractivity contribution in [3.05, 3.63) is 52.1 Å². The molecule has 0 heterocycles. The third-order valence-corrected chi connectivity index (χ3v) is 4.05. The Balaban J connectivity index is 2.27. The van der Waals surface area contributed by atoms with Gasteiger partial charge in [-0.15, -0.1) is 0 Å². The summed E-state index contributed by atoms with van der Waals surface area (Å²) in [6.07, 6.45) is 0.640. The van der Waals surface area contributed by atoms with Gasteiger partial charge in [0.25, 0.3) is 0 Å². The summed E-state index contributed by atoms with van der Waals surface area (Å²) >= 11 is 0. The molecule has 0 amide bonds. The van der Waals surface area contributed by atoms with Crippen molar-refractivity contribution >= 4 is 5.78 Å². The van der Waals surface area contributed by atoms with E-state index in [1.54, 1.807) is 27.4 Å². The number of ether oxygens (including phenoxy) is 3. The van der Waals surface area contributed by atoms with Gasteiger partial charge in [0.2, 0.25) is 5.75 Å². The Hall–Kier alpha value is -2.49. The average Bonchev–Trinajstić information content (AvgIpc) is 2.53. The van der Waals surface area contributed by atoms with Crippen LogP contribution in [0.4, 0.5) is 0 Å². The normalized spacial score (nSPS) is 12.5. The first kappa shape index (κ1) is 14.4. The predicted octanol–water partition coefficient (Wildman–Crippen LogP) is 3.16. The summed E-state index contributed by atoms with van der Waals surface area (Å²) in [5, 5.41) is 0. The summed E-state index contributed by atoms with van der Waals surface area (Å²) in [4.78, 5) is 12.8. The molecule has 0 unspecified atom stereocenters. The third kappa shape index (κ3) is 2.03. The van der Waals surface area contributed by atoms with Crippen molar-refractivity contribution in [3.63, 3.8) is 0 Å². The summed E-state index contributed by atoms with van der Waals surface area (Å²) in [5.74, 6) is 1.59. The highest BCUT2D eigenvalue weighted by Gasteiger charge is 2.30. The molecule has 0 spiro atoms. The molecule has 0 saturated carbocycles. The monoisotopic (exact) mass is 298 g/mol. The topological polar surface area (TPSA) is 44.8 Å². The molecule has 4 heteroatoms. The Labute approximate surface area is 129 Å². The van der Waals surface area contributed by atoms with Crippen LogP contribution in [0.1, 0.15) is 32.6 Å². The minimum atomic E-state index is -0.00416. The van der Waals surface area contributed by atoms with Crippen molar-refractivity contribution < 1.29 is 19.0 Å². The molecule has 0 fully saturated rings. The molecule has 22 heavy (non-hydrogen) atoms. The van der Waals surface area contributed by atoms with E-state index in [-0.39, 0.29) is 5.78 Å². The molecule has 2 aromatic rings. The van der Waals surface area contributed by atoms with E-state index in [9.17, 15) is 4.79 Å². The molecule has 114 valence electrons. The van der Waals surface area contributed by atoms with Gasteiger partial charge >= 0.3 is 0 Å². The van der Waals surface area contributed by atoms with E-state index in [0.717, 1.165) is 22.3 Å². The van der Waals surface area contributed by atoms with E-state index < -0.39 is 0 Å². The van der Waals surface area contributed by atoms with Crippen molar-refractivity contribution in [2.45, 2.75) is 13.3 Å². The van der Waals surface area contributed by atoms with E-state index in [4.69, 9.17) is 14.2 Å². The van der Waals surface area contributed by atoms with Crippen LogP contribution in [0.3, 0.4) is 0 Å². The van der Waals surface area contributed by atoms with E-state index in [0.29, 0.717) is 29.2 Å². The summed E-state index contributed by atoms with van der Waals surface area (Å²) < 4.78 is 16.3. The van der Waals surface area contributed by atoms with Gasteiger partial charge in [0.1, 0.15) is 0 Å². The standard InChI is InChI=1S/C18H18O4/c1-10-5-6-12-11(7-10)8-14-13(16(12)19)9-15(20-2)18(22-4)17(14)21-3/h5-7,9H,8H2,1-4H3. The molecule has 0 atom stereocenters. The van der Waals surface area contributed by atoms with Crippen LogP contribution in [0.2, 0.25) is 0 Å². The number of aryl methyl sites for hydroxylation is 1. The van der Waals surface area contributed by atoms with E-state index in [2.05, 4.69) is 0 Å². The van der Waals surface area contributed by atoms with E-state index in [1.165, 1.54) is 0 Å². The number of benzene rings is 2. The number of ketones is 1. The summed E-state index contributed by atoms with van der Waals surface area (Å²) in [6, 6.07) is 7.63. The lowest BCUT2D eigenvalue weighted by atomic mass is 9.83. The highest BCUT2D eigenvalue weighted by Crippen LogP contribution is 2.45. The van der Waals surface area contributed by atoms with Gasteiger partial charge in [0, 0.05) is 23.1 Å². The van der Waals surface area contributed by atoms with Gasteiger partial charge in [-0.1, -0.05) is 23.8 Å². The molecule has 0 aliphatic heterocycles. The Kier molecular flexibility index (Phi) is 3.53. The van der Waals surface area contributed by atoms with Gasteiger partial charge in [-0.2, -0.15) is 0 Å². The summed E-state index contributed by atoms with van der Waals surface area (Å²) in [6.45, 7) is 2.02. The highest BCUT2D eigenvalue weighted by molar-refractivity contribution is 6.13.